The number of pyridine rings is 1. The lowest BCUT2D eigenvalue weighted by Crippen LogP contribution is -2.56. The fourth-order valence-electron chi connectivity index (χ4n) is 13.2. The molecule has 10 heterocycles. The summed E-state index contributed by atoms with van der Waals surface area (Å²) in [5, 5.41) is 7.57. The molecule has 20 heteroatoms. The number of piperidine rings is 2. The zero-order valence-electron chi connectivity index (χ0n) is 45.5. The van der Waals surface area contributed by atoms with Crippen LogP contribution in [0.5, 0.6) is 6.01 Å². The van der Waals surface area contributed by atoms with Crippen LogP contribution in [0.1, 0.15) is 81.4 Å². The first-order chi connectivity index (χ1) is 38.9. The first kappa shape index (κ1) is 54.6. The standard InChI is InChI=1S/C26H21F2N5O.C25H29N5O5.C9H17NO/c1-3-17-20(27)10-7-14-5-4-6-18(21(14)17)23-22(28)24-19(11-29-23)25(32-26(31-24)34-2)33-12-15-8-9-16(13-33)30-15;1-27-22-18(4-2-6-19(22)30(24(27)34)20-7-8-21(32)26-23(20)33)5-3-11-28-14-15-35-25(16-28)9-12-29(17-31)13-10-25;1-11-7-9-5-4-8-3-2-6-10(8)9/h1,4-7,10-11,15-16,30H,8-9,12-13H2,2H3;2,4,6,17,20H,7-16H2,1H3,(H,26,32,33);8-9H,2-7H2,1H3. The van der Waals surface area contributed by atoms with Crippen LogP contribution < -0.4 is 26.0 Å². The van der Waals surface area contributed by atoms with E-state index in [1.54, 1.807) is 42.4 Å². The minimum atomic E-state index is -0.720. The van der Waals surface area contributed by atoms with Gasteiger partial charge in [0.15, 0.2) is 5.82 Å². The van der Waals surface area contributed by atoms with Crippen LogP contribution in [0, 0.1) is 35.8 Å². The van der Waals surface area contributed by atoms with Crippen molar-refractivity contribution in [3.05, 3.63) is 88.0 Å². The number of para-hydroxylation sites is 1. The molecule has 7 saturated heterocycles. The molecule has 3 aromatic heterocycles. The number of morpholine rings is 1. The number of likely N-dealkylation sites (tertiary alicyclic amines) is 1. The summed E-state index contributed by atoms with van der Waals surface area (Å²) in [5.74, 6) is 7.57. The Morgan fingerprint density at radius 2 is 1.74 bits per heavy atom. The monoisotopic (exact) mass is 1090 g/mol. The fraction of sp³-hybridized carbons (Fsp3) is 0.483. The number of ether oxygens (including phenoxy) is 3. The average Bonchev–Trinajstić information content (AvgIpc) is 4.30. The van der Waals surface area contributed by atoms with Crippen molar-refractivity contribution in [2.75, 3.05) is 84.7 Å². The molecule has 13 rings (SSSR count). The first-order valence-corrected chi connectivity index (χ1v) is 27.8. The Morgan fingerprint density at radius 1 is 0.938 bits per heavy atom. The summed E-state index contributed by atoms with van der Waals surface area (Å²) in [4.78, 5) is 70.3. The topological polar surface area (TPSA) is 182 Å². The lowest BCUT2D eigenvalue weighted by molar-refractivity contribution is -0.141. The maximum absolute atomic E-state index is 16.1. The lowest BCUT2D eigenvalue weighted by Gasteiger charge is -2.46. The number of fused-ring (bicyclic) bond motifs is 6. The van der Waals surface area contributed by atoms with E-state index in [-0.39, 0.29) is 46.4 Å². The Hall–Kier alpha value is -7.33. The summed E-state index contributed by atoms with van der Waals surface area (Å²) in [5.41, 5.74) is 2.13. The highest BCUT2D eigenvalue weighted by atomic mass is 19.1. The van der Waals surface area contributed by atoms with Crippen LogP contribution in [0.4, 0.5) is 14.6 Å². The number of amides is 3. The van der Waals surface area contributed by atoms with Crippen molar-refractivity contribution in [1.29, 1.82) is 0 Å². The normalized spacial score (nSPS) is 23.4. The third-order valence-electron chi connectivity index (χ3n) is 17.2. The molecule has 18 nitrogen and oxygen atoms in total. The van der Waals surface area contributed by atoms with Gasteiger partial charge in [-0.1, -0.05) is 48.1 Å². The molecule has 2 N–H and O–H groups in total. The number of nitrogens with zero attached hydrogens (tertiary/aromatic N) is 9. The number of methoxy groups -OCH3 is 2. The van der Waals surface area contributed by atoms with Crippen LogP contribution in [-0.4, -0.2) is 167 Å². The summed E-state index contributed by atoms with van der Waals surface area (Å²) in [6.45, 7) is 8.00. The second-order valence-corrected chi connectivity index (χ2v) is 22.0. The molecule has 3 amide bonds. The van der Waals surface area contributed by atoms with E-state index in [1.165, 1.54) is 54.5 Å². The summed E-state index contributed by atoms with van der Waals surface area (Å²) in [6, 6.07) is 15.5. The number of hydrogen-bond donors (Lipinski definition) is 2. The number of benzene rings is 3. The number of piperazine rings is 1. The third-order valence-corrected chi connectivity index (χ3v) is 17.2. The van der Waals surface area contributed by atoms with Crippen LogP contribution in [0.15, 0.2) is 59.5 Å². The van der Waals surface area contributed by atoms with Crippen molar-refractivity contribution in [2.24, 2.45) is 7.05 Å². The predicted octanol–water partition coefficient (Wildman–Crippen LogP) is 5.31. The van der Waals surface area contributed by atoms with Crippen LogP contribution >= 0.6 is 0 Å². The first-order valence-electron chi connectivity index (χ1n) is 27.8. The molecule has 0 saturated carbocycles. The molecule has 80 heavy (non-hydrogen) atoms. The number of aromatic nitrogens is 5. The molecule has 5 atom stereocenters. The largest absolute Gasteiger partial charge is 0.467 e. The van der Waals surface area contributed by atoms with Gasteiger partial charge >= 0.3 is 11.7 Å². The van der Waals surface area contributed by atoms with Gasteiger partial charge in [0.25, 0.3) is 0 Å². The van der Waals surface area contributed by atoms with E-state index in [1.807, 2.05) is 25.3 Å². The molecule has 7 aliphatic rings. The minimum Gasteiger partial charge on any atom is -0.467 e. The Labute approximate surface area is 463 Å². The molecule has 2 bridgehead atoms. The van der Waals surface area contributed by atoms with Crippen molar-refractivity contribution >= 4 is 56.8 Å². The highest BCUT2D eigenvalue weighted by Gasteiger charge is 2.40. The molecule has 3 aromatic carbocycles. The molecular weight excluding hydrogens is 1020 g/mol. The maximum Gasteiger partial charge on any atom is 0.329 e. The molecule has 7 aliphatic heterocycles. The highest BCUT2D eigenvalue weighted by molar-refractivity contribution is 6.02. The second kappa shape index (κ2) is 23.4. The number of aryl methyl sites for hydroxylation is 1. The number of rotatable bonds is 8. The van der Waals surface area contributed by atoms with Gasteiger partial charge in [-0.2, -0.15) is 9.97 Å². The van der Waals surface area contributed by atoms with Crippen molar-refractivity contribution in [1.82, 2.24) is 49.4 Å². The number of hydrogen-bond acceptors (Lipinski definition) is 14. The van der Waals surface area contributed by atoms with E-state index in [4.69, 9.17) is 20.6 Å². The summed E-state index contributed by atoms with van der Waals surface area (Å²) < 4.78 is 50.2. The number of imide groups is 1. The quantitative estimate of drug-likeness (QED) is 0.114. The van der Waals surface area contributed by atoms with Gasteiger partial charge in [-0.25, -0.2) is 13.6 Å². The Balaban J connectivity index is 0.000000142. The van der Waals surface area contributed by atoms with Crippen molar-refractivity contribution in [3.63, 3.8) is 0 Å². The zero-order chi connectivity index (χ0) is 55.7. The fourth-order valence-corrected chi connectivity index (χ4v) is 13.2. The van der Waals surface area contributed by atoms with Gasteiger partial charge in [-0.05, 0) is 87.9 Å². The molecule has 0 aliphatic carbocycles. The molecular formula is C60H67F2N11O7. The Bertz CT molecular complexity index is 3510. The van der Waals surface area contributed by atoms with E-state index < -0.39 is 23.6 Å². The predicted molar refractivity (Wildman–Crippen MR) is 299 cm³/mol. The van der Waals surface area contributed by atoms with Crippen molar-refractivity contribution in [3.8, 4) is 41.5 Å². The number of carbonyl (C=O) groups excluding carboxylic acids is 3. The van der Waals surface area contributed by atoms with Gasteiger partial charge < -0.3 is 29.3 Å². The lowest BCUT2D eigenvalue weighted by atomic mass is 9.89. The van der Waals surface area contributed by atoms with Gasteiger partial charge in [0.2, 0.25) is 18.2 Å². The number of nitrogens with one attached hydrogen (secondary N) is 2. The van der Waals surface area contributed by atoms with Gasteiger partial charge in [-0.3, -0.25) is 43.6 Å². The number of carbonyl (C=O) groups is 3. The number of imidazole rings is 1. The van der Waals surface area contributed by atoms with Gasteiger partial charge in [0.1, 0.15) is 28.9 Å². The molecule has 1 spiro atoms. The van der Waals surface area contributed by atoms with E-state index >= 15 is 4.39 Å². The summed E-state index contributed by atoms with van der Waals surface area (Å²) in [7, 11) is 4.94. The SMILES string of the molecule is C#Cc1c(F)ccc2cccc(-c3ncc4c(N5CC6CCC(C5)N6)nc(OC)nc4c3F)c12.COCC1CCC2CCCN21.Cn1c(=O)n(C2CCC(=O)NC2=O)c2cccc(C#CCN3CCOC4(CCN(C=O)CC4)C3)c21. The van der Waals surface area contributed by atoms with Crippen LogP contribution in [-0.2, 0) is 30.9 Å². The van der Waals surface area contributed by atoms with Crippen molar-refractivity contribution in [2.45, 2.75) is 100 Å². The number of anilines is 1. The molecule has 0 radical (unpaired) electrons. The highest BCUT2D eigenvalue weighted by Crippen LogP contribution is 2.38. The molecule has 7 fully saturated rings. The van der Waals surface area contributed by atoms with Crippen LogP contribution in [0.2, 0.25) is 0 Å². The van der Waals surface area contributed by atoms with E-state index in [0.29, 0.717) is 83.3 Å². The van der Waals surface area contributed by atoms with Gasteiger partial charge in [-0.15, -0.1) is 6.42 Å². The molecule has 6 aromatic rings. The Morgan fingerprint density at radius 3 is 2.49 bits per heavy atom. The minimum absolute atomic E-state index is 0.0484. The number of terminal acetylenes is 1. The number of halogens is 2. The zero-order valence-corrected chi connectivity index (χ0v) is 45.5. The third kappa shape index (κ3) is 10.7. The van der Waals surface area contributed by atoms with Crippen LogP contribution in [0.3, 0.4) is 0 Å². The second-order valence-electron chi connectivity index (χ2n) is 22.0. The van der Waals surface area contributed by atoms with Gasteiger partial charge in [0, 0.05) is 101 Å². The van der Waals surface area contributed by atoms with Crippen molar-refractivity contribution < 1.29 is 37.4 Å². The average molecular weight is 1090 g/mol. The summed E-state index contributed by atoms with van der Waals surface area (Å²) >= 11 is 0. The Kier molecular flexibility index (Phi) is 16.0. The molecule has 5 unspecified atom stereocenters. The van der Waals surface area contributed by atoms with Gasteiger partial charge in [0.05, 0.1) is 60.0 Å². The van der Waals surface area contributed by atoms with E-state index in [2.05, 4.69) is 58.0 Å². The maximum atomic E-state index is 16.1. The van der Waals surface area contributed by atoms with Crippen LogP contribution in [0.25, 0.3) is 44.0 Å². The smallest absolute Gasteiger partial charge is 0.329 e. The van der Waals surface area contributed by atoms with E-state index in [0.717, 1.165) is 82.5 Å². The van der Waals surface area contributed by atoms with E-state index in [9.17, 15) is 23.6 Å². The summed E-state index contributed by atoms with van der Waals surface area (Å²) in [6.07, 6.45) is 18.1. The molecule has 418 valence electrons.